The molecule has 3 heteroatoms. The molecule has 1 aromatic rings. The molecule has 1 aromatic heterocycles. The van der Waals surface area contributed by atoms with Crippen molar-refractivity contribution in [2.75, 3.05) is 0 Å². The van der Waals surface area contributed by atoms with E-state index in [9.17, 15) is 0 Å². The Morgan fingerprint density at radius 1 is 1.73 bits per heavy atom. The molecule has 0 atom stereocenters. The highest BCUT2D eigenvalue weighted by Crippen LogP contribution is 2.03. The molecule has 1 N–H and O–H groups in total. The van der Waals surface area contributed by atoms with E-state index in [-0.39, 0.29) is 0 Å². The summed E-state index contributed by atoms with van der Waals surface area (Å²) in [6.07, 6.45) is 5.77. The summed E-state index contributed by atoms with van der Waals surface area (Å²) in [5, 5.41) is 11.3. The van der Waals surface area contributed by atoms with Crippen LogP contribution in [-0.2, 0) is 6.42 Å². The lowest BCUT2D eigenvalue weighted by Crippen LogP contribution is -1.91. The molecule has 58 valence electrons. The topological polar surface area (TPSA) is 45.5 Å². The van der Waals surface area contributed by atoms with Crippen LogP contribution in [-0.4, -0.2) is 16.4 Å². The van der Waals surface area contributed by atoms with Crippen molar-refractivity contribution in [2.24, 2.45) is 5.16 Å². The van der Waals surface area contributed by atoms with E-state index in [0.717, 1.165) is 17.5 Å². The SMILES string of the molecule is CCc1cnccc1C=NO. The molecular formula is C8H10N2O. The molecule has 3 nitrogen and oxygen atoms in total. The first kappa shape index (κ1) is 7.72. The van der Waals surface area contributed by atoms with E-state index in [1.165, 1.54) is 6.21 Å². The quantitative estimate of drug-likeness (QED) is 0.394. The number of pyridine rings is 1. The van der Waals surface area contributed by atoms with E-state index < -0.39 is 0 Å². The molecule has 0 fully saturated rings. The molecule has 1 rings (SSSR count). The number of aromatic nitrogens is 1. The monoisotopic (exact) mass is 150 g/mol. The van der Waals surface area contributed by atoms with Gasteiger partial charge in [0.25, 0.3) is 0 Å². The van der Waals surface area contributed by atoms with Gasteiger partial charge in [0.15, 0.2) is 0 Å². The van der Waals surface area contributed by atoms with Crippen LogP contribution in [0, 0.1) is 0 Å². The zero-order valence-electron chi connectivity index (χ0n) is 6.36. The molecule has 11 heavy (non-hydrogen) atoms. The standard InChI is InChI=1S/C8H10N2O/c1-2-7-5-9-4-3-8(7)6-10-11/h3-6,11H,2H2,1H3. The van der Waals surface area contributed by atoms with Crippen LogP contribution in [0.3, 0.4) is 0 Å². The third kappa shape index (κ3) is 1.77. The van der Waals surface area contributed by atoms with Crippen LogP contribution in [0.2, 0.25) is 0 Å². The van der Waals surface area contributed by atoms with Crippen molar-refractivity contribution in [2.45, 2.75) is 13.3 Å². The van der Waals surface area contributed by atoms with Crippen molar-refractivity contribution in [3.8, 4) is 0 Å². The molecule has 0 aromatic carbocycles. The van der Waals surface area contributed by atoms with Gasteiger partial charge in [0.05, 0.1) is 6.21 Å². The van der Waals surface area contributed by atoms with Crippen LogP contribution in [0.25, 0.3) is 0 Å². The lowest BCUT2D eigenvalue weighted by molar-refractivity contribution is 0.322. The van der Waals surface area contributed by atoms with Crippen molar-refractivity contribution >= 4 is 6.21 Å². The third-order valence-corrected chi connectivity index (χ3v) is 1.52. The highest BCUT2D eigenvalue weighted by atomic mass is 16.4. The molecule has 1 heterocycles. The zero-order valence-corrected chi connectivity index (χ0v) is 6.36. The Bertz CT molecular complexity index is 258. The average molecular weight is 150 g/mol. The molecular weight excluding hydrogens is 140 g/mol. The lowest BCUT2D eigenvalue weighted by atomic mass is 10.1. The second-order valence-corrected chi connectivity index (χ2v) is 2.17. The molecule has 0 spiro atoms. The Balaban J connectivity index is 3.02. The van der Waals surface area contributed by atoms with E-state index in [0.29, 0.717) is 0 Å². The summed E-state index contributed by atoms with van der Waals surface area (Å²) < 4.78 is 0. The Kier molecular flexibility index (Phi) is 2.60. The molecule has 0 aliphatic rings. The predicted molar refractivity (Wildman–Crippen MR) is 43.0 cm³/mol. The van der Waals surface area contributed by atoms with Crippen LogP contribution in [0.5, 0.6) is 0 Å². The number of hydrogen-bond donors (Lipinski definition) is 1. The number of rotatable bonds is 2. The summed E-state index contributed by atoms with van der Waals surface area (Å²) in [4.78, 5) is 3.96. The van der Waals surface area contributed by atoms with Gasteiger partial charge < -0.3 is 5.21 Å². The maximum absolute atomic E-state index is 8.29. The zero-order chi connectivity index (χ0) is 8.10. The Morgan fingerprint density at radius 2 is 2.55 bits per heavy atom. The first-order valence-electron chi connectivity index (χ1n) is 3.48. The van der Waals surface area contributed by atoms with Gasteiger partial charge >= 0.3 is 0 Å². The summed E-state index contributed by atoms with van der Waals surface area (Å²) in [6, 6.07) is 1.82. The van der Waals surface area contributed by atoms with Gasteiger partial charge in [0, 0.05) is 18.0 Å². The molecule has 0 aliphatic carbocycles. The van der Waals surface area contributed by atoms with Gasteiger partial charge in [0.1, 0.15) is 0 Å². The summed E-state index contributed by atoms with van der Waals surface area (Å²) in [5.74, 6) is 0. The molecule has 0 saturated carbocycles. The fraction of sp³-hybridized carbons (Fsp3) is 0.250. The fourth-order valence-corrected chi connectivity index (χ4v) is 0.921. The largest absolute Gasteiger partial charge is 0.411 e. The van der Waals surface area contributed by atoms with E-state index in [1.807, 2.05) is 13.0 Å². The normalized spacial score (nSPS) is 10.6. The molecule has 0 radical (unpaired) electrons. The Morgan fingerprint density at radius 3 is 3.18 bits per heavy atom. The van der Waals surface area contributed by atoms with Crippen molar-refractivity contribution < 1.29 is 5.21 Å². The van der Waals surface area contributed by atoms with Gasteiger partial charge in [-0.05, 0) is 18.1 Å². The second kappa shape index (κ2) is 3.71. The minimum absolute atomic E-state index is 0.898. The fourth-order valence-electron chi connectivity index (χ4n) is 0.921. The van der Waals surface area contributed by atoms with Gasteiger partial charge in [0.2, 0.25) is 0 Å². The summed E-state index contributed by atoms with van der Waals surface area (Å²) >= 11 is 0. The molecule has 0 saturated heterocycles. The van der Waals surface area contributed by atoms with E-state index in [2.05, 4.69) is 10.1 Å². The molecule has 0 aliphatic heterocycles. The average Bonchev–Trinajstić information content (AvgIpc) is 2.06. The first-order chi connectivity index (χ1) is 5.38. The van der Waals surface area contributed by atoms with Crippen LogP contribution < -0.4 is 0 Å². The van der Waals surface area contributed by atoms with Crippen LogP contribution in [0.4, 0.5) is 0 Å². The van der Waals surface area contributed by atoms with E-state index in [1.54, 1.807) is 12.4 Å². The van der Waals surface area contributed by atoms with Gasteiger partial charge in [-0.2, -0.15) is 0 Å². The van der Waals surface area contributed by atoms with Crippen molar-refractivity contribution in [3.05, 3.63) is 29.6 Å². The number of aryl methyl sites for hydroxylation is 1. The lowest BCUT2D eigenvalue weighted by Gasteiger charge is -1.98. The van der Waals surface area contributed by atoms with Crippen LogP contribution >= 0.6 is 0 Å². The third-order valence-electron chi connectivity index (χ3n) is 1.52. The summed E-state index contributed by atoms with van der Waals surface area (Å²) in [6.45, 7) is 2.03. The maximum atomic E-state index is 8.29. The smallest absolute Gasteiger partial charge is 0.0737 e. The number of oxime groups is 1. The minimum Gasteiger partial charge on any atom is -0.411 e. The molecule has 0 bridgehead atoms. The van der Waals surface area contributed by atoms with E-state index in [4.69, 9.17) is 5.21 Å². The predicted octanol–water partition coefficient (Wildman–Crippen LogP) is 1.45. The second-order valence-electron chi connectivity index (χ2n) is 2.17. The first-order valence-corrected chi connectivity index (χ1v) is 3.48. The van der Waals surface area contributed by atoms with Gasteiger partial charge in [-0.1, -0.05) is 12.1 Å². The highest BCUT2D eigenvalue weighted by molar-refractivity contribution is 5.80. The van der Waals surface area contributed by atoms with Crippen molar-refractivity contribution in [1.82, 2.24) is 4.98 Å². The summed E-state index contributed by atoms with van der Waals surface area (Å²) in [5.41, 5.74) is 2.01. The van der Waals surface area contributed by atoms with Gasteiger partial charge in [-0.15, -0.1) is 0 Å². The van der Waals surface area contributed by atoms with Crippen molar-refractivity contribution in [3.63, 3.8) is 0 Å². The van der Waals surface area contributed by atoms with Gasteiger partial charge in [-0.3, -0.25) is 4.98 Å². The van der Waals surface area contributed by atoms with Gasteiger partial charge in [-0.25, -0.2) is 0 Å². The molecule has 0 amide bonds. The number of nitrogens with zero attached hydrogens (tertiary/aromatic N) is 2. The van der Waals surface area contributed by atoms with E-state index >= 15 is 0 Å². The highest BCUT2D eigenvalue weighted by Gasteiger charge is 1.95. The summed E-state index contributed by atoms with van der Waals surface area (Å²) in [7, 11) is 0. The number of hydrogen-bond acceptors (Lipinski definition) is 3. The molecule has 0 unspecified atom stereocenters. The van der Waals surface area contributed by atoms with Crippen LogP contribution in [0.1, 0.15) is 18.1 Å². The Hall–Kier alpha value is -1.38. The van der Waals surface area contributed by atoms with Crippen molar-refractivity contribution in [1.29, 1.82) is 0 Å². The minimum atomic E-state index is 0.898. The Labute approximate surface area is 65.4 Å². The maximum Gasteiger partial charge on any atom is 0.0737 e. The van der Waals surface area contributed by atoms with Crippen LogP contribution in [0.15, 0.2) is 23.6 Å².